The Kier molecular flexibility index (Phi) is 7.61. The van der Waals surface area contributed by atoms with Crippen molar-refractivity contribution in [3.05, 3.63) is 59.3 Å². The molecule has 0 bridgehead atoms. The van der Waals surface area contributed by atoms with Gasteiger partial charge in [0.2, 0.25) is 5.88 Å². The average Bonchev–Trinajstić information content (AvgIpc) is 2.68. The molecule has 2 N–H and O–H groups in total. The number of aromatic nitrogens is 1. The summed E-state index contributed by atoms with van der Waals surface area (Å²) in [5.41, 5.74) is 2.80. The van der Waals surface area contributed by atoms with Gasteiger partial charge in [-0.15, -0.1) is 0 Å². The van der Waals surface area contributed by atoms with E-state index in [-0.39, 0.29) is 5.91 Å². The number of nitrogens with zero attached hydrogens (tertiary/aromatic N) is 3. The van der Waals surface area contributed by atoms with E-state index in [4.69, 9.17) is 4.74 Å². The smallest absolute Gasteiger partial charge is 0.253 e. The van der Waals surface area contributed by atoms with E-state index in [1.807, 2.05) is 43.3 Å². The van der Waals surface area contributed by atoms with Crippen LogP contribution in [0.1, 0.15) is 28.4 Å². The van der Waals surface area contributed by atoms with Crippen LogP contribution in [0, 0.1) is 0 Å². The van der Waals surface area contributed by atoms with Gasteiger partial charge in [-0.3, -0.25) is 9.79 Å². The SMILES string of the molecule is CCOc1cc(CNC(=NC)NCc2ccc(C(=O)N(C)C)cc2)ccn1. The molecule has 1 aromatic heterocycles. The predicted molar refractivity (Wildman–Crippen MR) is 107 cm³/mol. The monoisotopic (exact) mass is 369 g/mol. The third-order valence-electron chi connectivity index (χ3n) is 3.84. The van der Waals surface area contributed by atoms with E-state index >= 15 is 0 Å². The first-order valence-corrected chi connectivity index (χ1v) is 8.86. The van der Waals surface area contributed by atoms with Gasteiger partial charge in [0.15, 0.2) is 5.96 Å². The van der Waals surface area contributed by atoms with Crippen LogP contribution in [0.4, 0.5) is 0 Å². The van der Waals surface area contributed by atoms with E-state index in [1.54, 1.807) is 32.2 Å². The summed E-state index contributed by atoms with van der Waals surface area (Å²) < 4.78 is 5.41. The zero-order valence-electron chi connectivity index (χ0n) is 16.3. The fraction of sp³-hybridized carbons (Fsp3) is 0.350. The Morgan fingerprint density at radius 2 is 1.78 bits per heavy atom. The van der Waals surface area contributed by atoms with Crippen molar-refractivity contribution >= 4 is 11.9 Å². The summed E-state index contributed by atoms with van der Waals surface area (Å²) >= 11 is 0. The summed E-state index contributed by atoms with van der Waals surface area (Å²) in [6, 6.07) is 11.4. The lowest BCUT2D eigenvalue weighted by molar-refractivity contribution is 0.0827. The first-order valence-electron chi connectivity index (χ1n) is 8.86. The van der Waals surface area contributed by atoms with Crippen molar-refractivity contribution < 1.29 is 9.53 Å². The highest BCUT2D eigenvalue weighted by atomic mass is 16.5. The molecule has 1 amide bonds. The van der Waals surface area contributed by atoms with Crippen molar-refractivity contribution in [2.45, 2.75) is 20.0 Å². The van der Waals surface area contributed by atoms with E-state index in [0.717, 1.165) is 11.1 Å². The molecule has 1 heterocycles. The lowest BCUT2D eigenvalue weighted by atomic mass is 10.1. The van der Waals surface area contributed by atoms with Crippen LogP contribution in [-0.2, 0) is 13.1 Å². The van der Waals surface area contributed by atoms with Gasteiger partial charge >= 0.3 is 0 Å². The number of amides is 1. The second kappa shape index (κ2) is 10.2. The molecule has 2 aromatic rings. The molecular weight excluding hydrogens is 342 g/mol. The maximum Gasteiger partial charge on any atom is 0.253 e. The molecule has 0 unspecified atom stereocenters. The largest absolute Gasteiger partial charge is 0.478 e. The normalized spacial score (nSPS) is 11.0. The molecule has 1 aromatic carbocycles. The van der Waals surface area contributed by atoms with Crippen LogP contribution in [0.15, 0.2) is 47.6 Å². The van der Waals surface area contributed by atoms with Gasteiger partial charge in [0.05, 0.1) is 6.61 Å². The van der Waals surface area contributed by atoms with Crippen LogP contribution in [0.25, 0.3) is 0 Å². The standard InChI is InChI=1S/C20H27N5O2/c1-5-27-18-12-16(10-11-22-18)14-24-20(21-2)23-13-15-6-8-17(9-7-15)19(26)25(3)4/h6-12H,5,13-14H2,1-4H3,(H2,21,23,24). The Morgan fingerprint density at radius 1 is 1.11 bits per heavy atom. The molecule has 0 aliphatic heterocycles. The molecule has 2 rings (SSSR count). The van der Waals surface area contributed by atoms with Crippen LogP contribution >= 0.6 is 0 Å². The van der Waals surface area contributed by atoms with Gasteiger partial charge in [0.1, 0.15) is 0 Å². The molecule has 7 heteroatoms. The molecule has 0 fully saturated rings. The Labute approximate surface area is 160 Å². The lowest BCUT2D eigenvalue weighted by Gasteiger charge is -2.13. The summed E-state index contributed by atoms with van der Waals surface area (Å²) in [5, 5.41) is 6.53. The molecule has 27 heavy (non-hydrogen) atoms. The predicted octanol–water partition coefficient (Wildman–Crippen LogP) is 2.05. The third-order valence-corrected chi connectivity index (χ3v) is 3.84. The summed E-state index contributed by atoms with van der Waals surface area (Å²) in [7, 11) is 5.22. The second-order valence-corrected chi connectivity index (χ2v) is 6.11. The van der Waals surface area contributed by atoms with E-state index in [0.29, 0.717) is 37.1 Å². The molecule has 0 aliphatic carbocycles. The molecular formula is C20H27N5O2. The highest BCUT2D eigenvalue weighted by molar-refractivity contribution is 5.93. The van der Waals surface area contributed by atoms with Gasteiger partial charge in [-0.1, -0.05) is 12.1 Å². The fourth-order valence-electron chi connectivity index (χ4n) is 2.40. The van der Waals surface area contributed by atoms with Crippen molar-refractivity contribution in [1.29, 1.82) is 0 Å². The van der Waals surface area contributed by atoms with E-state index < -0.39 is 0 Å². The van der Waals surface area contributed by atoms with Gasteiger partial charge in [-0.05, 0) is 36.2 Å². The molecule has 0 aliphatic rings. The Morgan fingerprint density at radius 3 is 2.37 bits per heavy atom. The van der Waals surface area contributed by atoms with E-state index in [1.165, 1.54) is 0 Å². The number of ether oxygens (including phenoxy) is 1. The molecule has 7 nitrogen and oxygen atoms in total. The Hall–Kier alpha value is -3.09. The van der Waals surface area contributed by atoms with E-state index in [2.05, 4.69) is 20.6 Å². The molecule has 144 valence electrons. The molecule has 0 spiro atoms. The topological polar surface area (TPSA) is 78.8 Å². The van der Waals surface area contributed by atoms with Crippen molar-refractivity contribution in [1.82, 2.24) is 20.5 Å². The highest BCUT2D eigenvalue weighted by Gasteiger charge is 2.07. The Balaban J connectivity index is 1.87. The van der Waals surface area contributed by atoms with Crippen molar-refractivity contribution in [2.24, 2.45) is 4.99 Å². The zero-order valence-corrected chi connectivity index (χ0v) is 16.3. The number of nitrogens with one attached hydrogen (secondary N) is 2. The molecule has 0 saturated carbocycles. The molecule has 0 saturated heterocycles. The third kappa shape index (κ3) is 6.29. The van der Waals surface area contributed by atoms with Crippen LogP contribution in [0.2, 0.25) is 0 Å². The number of benzene rings is 1. The van der Waals surface area contributed by atoms with Crippen molar-refractivity contribution in [2.75, 3.05) is 27.7 Å². The quantitative estimate of drug-likeness (QED) is 0.577. The first kappa shape index (κ1) is 20.2. The number of carbonyl (C=O) groups excluding carboxylic acids is 1. The summed E-state index contributed by atoms with van der Waals surface area (Å²) in [5.74, 6) is 1.31. The van der Waals surface area contributed by atoms with Crippen molar-refractivity contribution in [3.63, 3.8) is 0 Å². The minimum Gasteiger partial charge on any atom is -0.478 e. The maximum absolute atomic E-state index is 11.9. The summed E-state index contributed by atoms with van der Waals surface area (Å²) in [6.07, 6.45) is 1.73. The number of aliphatic imine (C=N–C) groups is 1. The number of guanidine groups is 1. The minimum absolute atomic E-state index is 0.00393. The number of hydrogen-bond acceptors (Lipinski definition) is 4. The van der Waals surface area contributed by atoms with Gasteiger partial charge in [-0.25, -0.2) is 4.98 Å². The number of carbonyl (C=O) groups is 1. The van der Waals surface area contributed by atoms with Gasteiger partial charge in [-0.2, -0.15) is 0 Å². The van der Waals surface area contributed by atoms with Crippen LogP contribution in [0.5, 0.6) is 5.88 Å². The second-order valence-electron chi connectivity index (χ2n) is 6.11. The number of rotatable bonds is 7. The van der Waals surface area contributed by atoms with Crippen LogP contribution in [0.3, 0.4) is 0 Å². The molecule has 0 atom stereocenters. The Bertz CT molecular complexity index is 772. The van der Waals surface area contributed by atoms with Crippen molar-refractivity contribution in [3.8, 4) is 5.88 Å². The fourth-order valence-corrected chi connectivity index (χ4v) is 2.40. The maximum atomic E-state index is 11.9. The van der Waals surface area contributed by atoms with Crippen LogP contribution in [-0.4, -0.2) is 49.5 Å². The summed E-state index contributed by atoms with van der Waals surface area (Å²) in [6.45, 7) is 3.74. The first-order chi connectivity index (χ1) is 13.0. The minimum atomic E-state index is -0.00393. The van der Waals surface area contributed by atoms with Gasteiger partial charge < -0.3 is 20.3 Å². The zero-order chi connectivity index (χ0) is 19.6. The van der Waals surface area contributed by atoms with Gasteiger partial charge in [0, 0.05) is 52.1 Å². The van der Waals surface area contributed by atoms with Gasteiger partial charge in [0.25, 0.3) is 5.91 Å². The highest BCUT2D eigenvalue weighted by Crippen LogP contribution is 2.09. The number of hydrogen-bond donors (Lipinski definition) is 2. The average molecular weight is 369 g/mol. The molecule has 0 radical (unpaired) electrons. The lowest BCUT2D eigenvalue weighted by Crippen LogP contribution is -2.36. The van der Waals surface area contributed by atoms with Crippen LogP contribution < -0.4 is 15.4 Å². The summed E-state index contributed by atoms with van der Waals surface area (Å²) in [4.78, 5) is 21.9. The number of pyridine rings is 1. The van der Waals surface area contributed by atoms with E-state index in [9.17, 15) is 4.79 Å².